The molecule has 0 amide bonds. The normalized spacial score (nSPS) is 23.7. The maximum Gasteiger partial charge on any atom is 0.122 e. The van der Waals surface area contributed by atoms with E-state index in [9.17, 15) is 0 Å². The summed E-state index contributed by atoms with van der Waals surface area (Å²) < 4.78 is 5.55. The minimum absolute atomic E-state index is 0.694. The maximum absolute atomic E-state index is 5.55. The molecule has 98 valence electrons. The van der Waals surface area contributed by atoms with Crippen molar-refractivity contribution in [1.82, 2.24) is 4.90 Å². The highest BCUT2D eigenvalue weighted by atomic mass is 79.9. The number of rotatable bonds is 3. The van der Waals surface area contributed by atoms with E-state index in [0.29, 0.717) is 4.83 Å². The average Bonchev–Trinajstić information content (AvgIpc) is 2.84. The van der Waals surface area contributed by atoms with Gasteiger partial charge in [-0.2, -0.15) is 0 Å². The number of benzene rings is 1. The average molecular weight is 310 g/mol. The maximum atomic E-state index is 5.55. The van der Waals surface area contributed by atoms with E-state index < -0.39 is 0 Å². The van der Waals surface area contributed by atoms with Crippen LogP contribution in [0.4, 0.5) is 0 Å². The van der Waals surface area contributed by atoms with E-state index in [1.165, 1.54) is 43.6 Å². The number of fused-ring (bicyclic) bond motifs is 1. The number of piperidine rings is 1. The second kappa shape index (κ2) is 5.62. The van der Waals surface area contributed by atoms with E-state index in [1.807, 2.05) is 0 Å². The molecule has 18 heavy (non-hydrogen) atoms. The first-order chi connectivity index (χ1) is 8.81. The molecule has 1 aromatic carbocycles. The van der Waals surface area contributed by atoms with E-state index in [1.54, 1.807) is 0 Å². The quantitative estimate of drug-likeness (QED) is 0.796. The van der Waals surface area contributed by atoms with Gasteiger partial charge in [0.25, 0.3) is 0 Å². The summed E-state index contributed by atoms with van der Waals surface area (Å²) in [6.45, 7) is 4.50. The van der Waals surface area contributed by atoms with Crippen LogP contribution in [-0.2, 0) is 12.8 Å². The van der Waals surface area contributed by atoms with Gasteiger partial charge in [0.2, 0.25) is 0 Å². The summed E-state index contributed by atoms with van der Waals surface area (Å²) in [7, 11) is 0. The summed E-state index contributed by atoms with van der Waals surface area (Å²) in [5.74, 6) is 1.09. The number of nitrogens with zero attached hydrogens (tertiary/aromatic N) is 1. The van der Waals surface area contributed by atoms with Gasteiger partial charge >= 0.3 is 0 Å². The van der Waals surface area contributed by atoms with Crippen LogP contribution in [0.5, 0.6) is 5.75 Å². The molecule has 0 bridgehead atoms. The molecule has 0 saturated carbocycles. The predicted molar refractivity (Wildman–Crippen MR) is 77.7 cm³/mol. The Morgan fingerprint density at radius 2 is 2.33 bits per heavy atom. The highest BCUT2D eigenvalue weighted by Crippen LogP contribution is 2.26. The summed E-state index contributed by atoms with van der Waals surface area (Å²) in [5, 5.41) is 0. The van der Waals surface area contributed by atoms with Crippen LogP contribution in [0.1, 0.15) is 24.0 Å². The molecule has 2 nitrogen and oxygen atoms in total. The monoisotopic (exact) mass is 309 g/mol. The van der Waals surface area contributed by atoms with Crippen LogP contribution < -0.4 is 4.74 Å². The van der Waals surface area contributed by atoms with Crippen LogP contribution in [-0.4, -0.2) is 36.0 Å². The fraction of sp³-hybridized carbons (Fsp3) is 0.600. The molecule has 0 radical (unpaired) electrons. The Morgan fingerprint density at radius 1 is 1.39 bits per heavy atom. The molecular weight excluding hydrogens is 290 g/mol. The Labute approximate surface area is 117 Å². The van der Waals surface area contributed by atoms with Crippen molar-refractivity contribution in [2.24, 2.45) is 0 Å². The van der Waals surface area contributed by atoms with Gasteiger partial charge in [-0.3, -0.25) is 0 Å². The van der Waals surface area contributed by atoms with Crippen molar-refractivity contribution in [3.05, 3.63) is 29.3 Å². The first-order valence-corrected chi connectivity index (χ1v) is 7.84. The van der Waals surface area contributed by atoms with Crippen molar-refractivity contribution in [2.45, 2.75) is 30.5 Å². The third-order valence-electron chi connectivity index (χ3n) is 3.92. The molecule has 1 unspecified atom stereocenters. The van der Waals surface area contributed by atoms with Gasteiger partial charge in [-0.1, -0.05) is 28.1 Å². The standard InChI is InChI=1S/C15H20BrNO/c16-14-2-1-7-17(11-14)8-5-12-3-4-15-13(10-12)6-9-18-15/h3-4,10,14H,1-2,5-9,11H2. The highest BCUT2D eigenvalue weighted by Gasteiger charge is 2.17. The number of hydrogen-bond acceptors (Lipinski definition) is 2. The van der Waals surface area contributed by atoms with Gasteiger partial charge in [0, 0.05) is 24.3 Å². The van der Waals surface area contributed by atoms with Crippen LogP contribution in [0.25, 0.3) is 0 Å². The molecule has 2 aliphatic rings. The minimum atomic E-state index is 0.694. The van der Waals surface area contributed by atoms with Gasteiger partial charge in [0.15, 0.2) is 0 Å². The van der Waals surface area contributed by atoms with Gasteiger partial charge in [-0.05, 0) is 43.0 Å². The van der Waals surface area contributed by atoms with Crippen LogP contribution in [0.2, 0.25) is 0 Å². The van der Waals surface area contributed by atoms with E-state index in [4.69, 9.17) is 4.74 Å². The molecule has 0 spiro atoms. The topological polar surface area (TPSA) is 12.5 Å². The second-order valence-electron chi connectivity index (χ2n) is 5.33. The Balaban J connectivity index is 1.56. The summed E-state index contributed by atoms with van der Waals surface area (Å²) in [5.41, 5.74) is 2.85. The van der Waals surface area contributed by atoms with E-state index >= 15 is 0 Å². The number of halogens is 1. The predicted octanol–water partition coefficient (Wildman–Crippen LogP) is 3.02. The van der Waals surface area contributed by atoms with Crippen LogP contribution in [0, 0.1) is 0 Å². The molecule has 0 aliphatic carbocycles. The van der Waals surface area contributed by atoms with Gasteiger partial charge in [0.1, 0.15) is 5.75 Å². The lowest BCUT2D eigenvalue weighted by molar-refractivity contribution is 0.238. The molecule has 0 aromatic heterocycles. The Bertz CT molecular complexity index is 421. The first-order valence-electron chi connectivity index (χ1n) is 6.92. The van der Waals surface area contributed by atoms with Crippen molar-refractivity contribution in [3.63, 3.8) is 0 Å². The lowest BCUT2D eigenvalue weighted by atomic mass is 10.1. The zero-order chi connectivity index (χ0) is 12.4. The Hall–Kier alpha value is -0.540. The van der Waals surface area contributed by atoms with Gasteiger partial charge in [0.05, 0.1) is 6.61 Å². The van der Waals surface area contributed by atoms with Crippen LogP contribution in [0.15, 0.2) is 18.2 Å². The third kappa shape index (κ3) is 2.89. The first kappa shape index (κ1) is 12.5. The lowest BCUT2D eigenvalue weighted by Crippen LogP contribution is -2.37. The van der Waals surface area contributed by atoms with E-state index in [-0.39, 0.29) is 0 Å². The van der Waals surface area contributed by atoms with E-state index in [2.05, 4.69) is 39.0 Å². The van der Waals surface area contributed by atoms with Crippen LogP contribution in [0.3, 0.4) is 0 Å². The molecular formula is C15H20BrNO. The summed E-state index contributed by atoms with van der Waals surface area (Å²) in [6.07, 6.45) is 4.89. The Kier molecular flexibility index (Phi) is 3.90. The third-order valence-corrected chi connectivity index (χ3v) is 4.67. The molecule has 1 saturated heterocycles. The van der Waals surface area contributed by atoms with Crippen molar-refractivity contribution in [3.8, 4) is 5.75 Å². The van der Waals surface area contributed by atoms with E-state index in [0.717, 1.165) is 25.2 Å². The number of alkyl halides is 1. The van der Waals surface area contributed by atoms with Gasteiger partial charge in [-0.25, -0.2) is 0 Å². The van der Waals surface area contributed by atoms with Crippen molar-refractivity contribution in [1.29, 1.82) is 0 Å². The van der Waals surface area contributed by atoms with Crippen molar-refractivity contribution in [2.75, 3.05) is 26.2 Å². The smallest absolute Gasteiger partial charge is 0.122 e. The fourth-order valence-corrected chi connectivity index (χ4v) is 3.62. The summed E-state index contributed by atoms with van der Waals surface area (Å²) in [6, 6.07) is 6.69. The fourth-order valence-electron chi connectivity index (χ4n) is 2.88. The SMILES string of the molecule is BrC1CCCN(CCc2ccc3c(c2)CCO3)C1. The summed E-state index contributed by atoms with van der Waals surface area (Å²) >= 11 is 3.74. The second-order valence-corrected chi connectivity index (χ2v) is 6.63. The Morgan fingerprint density at radius 3 is 3.22 bits per heavy atom. The van der Waals surface area contributed by atoms with Crippen LogP contribution >= 0.6 is 15.9 Å². The molecule has 0 N–H and O–H groups in total. The number of hydrogen-bond donors (Lipinski definition) is 0. The molecule has 2 heterocycles. The summed E-state index contributed by atoms with van der Waals surface area (Å²) in [4.78, 5) is 3.27. The van der Waals surface area contributed by atoms with Gasteiger partial charge < -0.3 is 9.64 Å². The number of ether oxygens (including phenoxy) is 1. The zero-order valence-electron chi connectivity index (χ0n) is 10.7. The molecule has 1 atom stereocenters. The molecule has 2 aliphatic heterocycles. The van der Waals surface area contributed by atoms with Crippen molar-refractivity contribution >= 4 is 15.9 Å². The lowest BCUT2D eigenvalue weighted by Gasteiger charge is -2.29. The molecule has 3 heteroatoms. The molecule has 1 aromatic rings. The highest BCUT2D eigenvalue weighted by molar-refractivity contribution is 9.09. The largest absolute Gasteiger partial charge is 0.493 e. The molecule has 3 rings (SSSR count). The number of likely N-dealkylation sites (tertiary alicyclic amines) is 1. The van der Waals surface area contributed by atoms with Crippen molar-refractivity contribution < 1.29 is 4.74 Å². The van der Waals surface area contributed by atoms with Gasteiger partial charge in [-0.15, -0.1) is 0 Å². The molecule has 1 fully saturated rings. The zero-order valence-corrected chi connectivity index (χ0v) is 12.3. The minimum Gasteiger partial charge on any atom is -0.493 e.